The molecule has 0 saturated carbocycles. The van der Waals surface area contributed by atoms with E-state index in [1.807, 2.05) is 67.6 Å². The van der Waals surface area contributed by atoms with Crippen molar-refractivity contribution in [2.24, 2.45) is 0 Å². The molecule has 34 heavy (non-hydrogen) atoms. The molecule has 0 aliphatic rings. The van der Waals surface area contributed by atoms with Crippen LogP contribution in [-0.2, 0) is 14.8 Å². The molecule has 0 fully saturated rings. The highest BCUT2D eigenvalue weighted by Gasteiger charge is 2.26. The molecule has 4 aromatic rings. The van der Waals surface area contributed by atoms with Crippen LogP contribution in [0.5, 0.6) is 0 Å². The van der Waals surface area contributed by atoms with E-state index in [9.17, 15) is 13.2 Å². The second kappa shape index (κ2) is 10.5. The van der Waals surface area contributed by atoms with Crippen molar-refractivity contribution in [2.75, 3.05) is 5.32 Å². The van der Waals surface area contributed by atoms with Gasteiger partial charge >= 0.3 is 0 Å². The van der Waals surface area contributed by atoms with Gasteiger partial charge < -0.3 is 5.32 Å². The van der Waals surface area contributed by atoms with Crippen molar-refractivity contribution in [3.05, 3.63) is 91.0 Å². The van der Waals surface area contributed by atoms with Crippen molar-refractivity contribution < 1.29 is 13.2 Å². The van der Waals surface area contributed by atoms with Crippen molar-refractivity contribution in [3.63, 3.8) is 0 Å². The molecule has 8 heteroatoms. The molecule has 0 saturated heterocycles. The van der Waals surface area contributed by atoms with Crippen LogP contribution in [0, 0.1) is 0 Å². The molecule has 7 nitrogen and oxygen atoms in total. The van der Waals surface area contributed by atoms with Crippen LogP contribution in [0.2, 0.25) is 0 Å². The normalized spacial score (nSPS) is 12.3. The van der Waals surface area contributed by atoms with Gasteiger partial charge in [-0.2, -0.15) is 9.82 Å². The van der Waals surface area contributed by atoms with Gasteiger partial charge in [0.05, 0.1) is 10.6 Å². The third-order valence-corrected chi connectivity index (χ3v) is 6.86. The summed E-state index contributed by atoms with van der Waals surface area (Å²) in [5.41, 5.74) is 3.59. The SMILES string of the molecule is CCCC(NS(=O)(=O)c1ccc(-c2ccccc2)cc1)C(=O)Nc1cc(-c2ccccc2)[nH]n1. The zero-order valence-electron chi connectivity index (χ0n) is 18.7. The minimum absolute atomic E-state index is 0.104. The number of rotatable bonds is 9. The van der Waals surface area contributed by atoms with Crippen LogP contribution < -0.4 is 10.0 Å². The highest BCUT2D eigenvalue weighted by Crippen LogP contribution is 2.22. The number of carbonyl (C=O) groups is 1. The average molecular weight is 475 g/mol. The van der Waals surface area contributed by atoms with Gasteiger partial charge in [0.2, 0.25) is 15.9 Å². The number of carbonyl (C=O) groups excluding carboxylic acids is 1. The quantitative estimate of drug-likeness (QED) is 0.323. The van der Waals surface area contributed by atoms with Crippen molar-refractivity contribution in [1.29, 1.82) is 0 Å². The Balaban J connectivity index is 1.46. The summed E-state index contributed by atoms with van der Waals surface area (Å²) in [5.74, 6) is -0.131. The minimum atomic E-state index is -3.89. The fraction of sp³-hybridized carbons (Fsp3) is 0.154. The van der Waals surface area contributed by atoms with Gasteiger partial charge in [-0.05, 0) is 35.2 Å². The third kappa shape index (κ3) is 5.59. The van der Waals surface area contributed by atoms with E-state index < -0.39 is 22.0 Å². The lowest BCUT2D eigenvalue weighted by atomic mass is 10.1. The molecule has 1 heterocycles. The van der Waals surface area contributed by atoms with Crippen LogP contribution in [0.25, 0.3) is 22.4 Å². The van der Waals surface area contributed by atoms with E-state index in [1.165, 1.54) is 0 Å². The summed E-state index contributed by atoms with van der Waals surface area (Å²) in [7, 11) is -3.89. The number of aromatic amines is 1. The number of aromatic nitrogens is 2. The molecule has 3 N–H and O–H groups in total. The Morgan fingerprint density at radius 1 is 0.882 bits per heavy atom. The summed E-state index contributed by atoms with van der Waals surface area (Å²) < 4.78 is 28.5. The number of hydrogen-bond donors (Lipinski definition) is 3. The van der Waals surface area contributed by atoms with E-state index in [-0.39, 0.29) is 4.90 Å². The van der Waals surface area contributed by atoms with Gasteiger partial charge in [0.25, 0.3) is 0 Å². The molecular formula is C26H26N4O3S. The second-order valence-electron chi connectivity index (χ2n) is 7.88. The van der Waals surface area contributed by atoms with Gasteiger partial charge in [0.1, 0.15) is 6.04 Å². The lowest BCUT2D eigenvalue weighted by Gasteiger charge is -2.17. The van der Waals surface area contributed by atoms with Gasteiger partial charge in [-0.25, -0.2) is 8.42 Å². The number of hydrogen-bond acceptors (Lipinski definition) is 4. The van der Waals surface area contributed by atoms with Gasteiger partial charge in [0.15, 0.2) is 5.82 Å². The molecule has 0 aliphatic carbocycles. The Labute approximate surface area is 199 Å². The van der Waals surface area contributed by atoms with Gasteiger partial charge in [-0.3, -0.25) is 9.89 Å². The summed E-state index contributed by atoms with van der Waals surface area (Å²) in [4.78, 5) is 13.0. The first-order chi connectivity index (χ1) is 16.5. The highest BCUT2D eigenvalue weighted by molar-refractivity contribution is 7.89. The van der Waals surface area contributed by atoms with Crippen LogP contribution in [0.15, 0.2) is 95.9 Å². The first-order valence-electron chi connectivity index (χ1n) is 11.1. The first-order valence-corrected chi connectivity index (χ1v) is 12.5. The van der Waals surface area contributed by atoms with E-state index in [1.54, 1.807) is 30.3 Å². The number of anilines is 1. The Morgan fingerprint density at radius 3 is 2.09 bits per heavy atom. The zero-order chi connectivity index (χ0) is 24.0. The van der Waals surface area contributed by atoms with Gasteiger partial charge in [0, 0.05) is 6.07 Å². The van der Waals surface area contributed by atoms with E-state index in [0.29, 0.717) is 18.7 Å². The molecule has 174 valence electrons. The molecule has 0 bridgehead atoms. The predicted octanol–water partition coefficient (Wildman–Crippen LogP) is 4.83. The Morgan fingerprint density at radius 2 is 1.47 bits per heavy atom. The minimum Gasteiger partial charge on any atom is -0.308 e. The van der Waals surface area contributed by atoms with Gasteiger partial charge in [-0.15, -0.1) is 0 Å². The topological polar surface area (TPSA) is 104 Å². The number of amides is 1. The second-order valence-corrected chi connectivity index (χ2v) is 9.59. The summed E-state index contributed by atoms with van der Waals surface area (Å²) in [6, 6.07) is 26.7. The molecule has 0 aliphatic heterocycles. The van der Waals surface area contributed by atoms with E-state index in [4.69, 9.17) is 0 Å². The smallest absolute Gasteiger partial charge is 0.243 e. The molecule has 4 rings (SSSR count). The number of nitrogens with one attached hydrogen (secondary N) is 3. The number of benzene rings is 3. The van der Waals surface area contributed by atoms with E-state index in [0.717, 1.165) is 22.4 Å². The number of nitrogens with zero attached hydrogens (tertiary/aromatic N) is 1. The van der Waals surface area contributed by atoms with E-state index >= 15 is 0 Å². The van der Waals surface area contributed by atoms with Crippen LogP contribution in [-0.4, -0.2) is 30.6 Å². The average Bonchev–Trinajstić information content (AvgIpc) is 3.33. The predicted molar refractivity (Wildman–Crippen MR) is 134 cm³/mol. The Bertz CT molecular complexity index is 1340. The summed E-state index contributed by atoms with van der Waals surface area (Å²) in [6.07, 6.45) is 0.979. The summed E-state index contributed by atoms with van der Waals surface area (Å²) in [6.45, 7) is 1.89. The molecule has 1 amide bonds. The van der Waals surface area contributed by atoms with Crippen LogP contribution in [0.4, 0.5) is 5.82 Å². The largest absolute Gasteiger partial charge is 0.308 e. The number of H-pyrrole nitrogens is 1. The molecule has 1 unspecified atom stereocenters. The lowest BCUT2D eigenvalue weighted by molar-refractivity contribution is -0.117. The first kappa shape index (κ1) is 23.4. The molecule has 1 atom stereocenters. The van der Waals surface area contributed by atoms with Crippen LogP contribution in [0.1, 0.15) is 19.8 Å². The fourth-order valence-electron chi connectivity index (χ4n) is 3.61. The molecule has 3 aromatic carbocycles. The highest BCUT2D eigenvalue weighted by atomic mass is 32.2. The fourth-order valence-corrected chi connectivity index (χ4v) is 4.84. The monoisotopic (exact) mass is 474 g/mol. The van der Waals surface area contributed by atoms with Crippen molar-refractivity contribution in [2.45, 2.75) is 30.7 Å². The maximum atomic E-state index is 13.0. The van der Waals surface area contributed by atoms with Crippen LogP contribution in [0.3, 0.4) is 0 Å². The molecule has 1 aromatic heterocycles. The standard InChI is InChI=1S/C26H26N4O3S/c1-2-9-23(26(31)27-25-18-24(28-29-25)21-12-7-4-8-13-21)30-34(32,33)22-16-14-20(15-17-22)19-10-5-3-6-11-19/h3-8,10-18,23,30H,2,9H2,1H3,(H2,27,28,29,31). The van der Waals surface area contributed by atoms with E-state index in [2.05, 4.69) is 20.2 Å². The Kier molecular flexibility index (Phi) is 7.20. The van der Waals surface area contributed by atoms with Crippen molar-refractivity contribution in [3.8, 4) is 22.4 Å². The maximum Gasteiger partial charge on any atom is 0.243 e. The maximum absolute atomic E-state index is 13.0. The van der Waals surface area contributed by atoms with Crippen molar-refractivity contribution in [1.82, 2.24) is 14.9 Å². The van der Waals surface area contributed by atoms with Crippen LogP contribution >= 0.6 is 0 Å². The molecule has 0 radical (unpaired) electrons. The Hall–Kier alpha value is -3.75. The molecular weight excluding hydrogens is 448 g/mol. The van der Waals surface area contributed by atoms with Gasteiger partial charge in [-0.1, -0.05) is 86.1 Å². The van der Waals surface area contributed by atoms with Crippen molar-refractivity contribution >= 4 is 21.7 Å². The number of sulfonamides is 1. The third-order valence-electron chi connectivity index (χ3n) is 5.38. The summed E-state index contributed by atoms with van der Waals surface area (Å²) >= 11 is 0. The lowest BCUT2D eigenvalue weighted by Crippen LogP contribution is -2.43. The zero-order valence-corrected chi connectivity index (χ0v) is 19.5. The summed E-state index contributed by atoms with van der Waals surface area (Å²) in [5, 5.41) is 9.74. The molecule has 0 spiro atoms.